The van der Waals surface area contributed by atoms with E-state index in [1.165, 1.54) is 5.56 Å². The molecule has 0 aliphatic heterocycles. The summed E-state index contributed by atoms with van der Waals surface area (Å²) in [4.78, 5) is 0. The Labute approximate surface area is 91.9 Å². The van der Waals surface area contributed by atoms with E-state index in [1.807, 2.05) is 18.2 Å². The first kappa shape index (κ1) is 11.0. The maximum absolute atomic E-state index is 9.10. The van der Waals surface area contributed by atoms with Crippen LogP contribution in [-0.4, -0.2) is 11.2 Å². The highest BCUT2D eigenvalue weighted by atomic mass is 79.9. The summed E-state index contributed by atoms with van der Waals surface area (Å²) in [5, 5.41) is 9.82. The van der Waals surface area contributed by atoms with Gasteiger partial charge in [0.1, 0.15) is 0 Å². The lowest BCUT2D eigenvalue weighted by Gasteiger charge is -2.05. The molecule has 0 radical (unpaired) electrons. The minimum absolute atomic E-state index is 0.241. The molecule has 0 aromatic heterocycles. The third kappa shape index (κ3) is 3.67. The van der Waals surface area contributed by atoms with Crippen LogP contribution in [0.3, 0.4) is 0 Å². The highest BCUT2D eigenvalue weighted by molar-refractivity contribution is 9.10. The predicted octanol–water partition coefficient (Wildman–Crippen LogP) is 3.42. The molecule has 0 aliphatic carbocycles. The number of hydrogen-bond donors (Lipinski definition) is 1. The quantitative estimate of drug-likeness (QED) is 0.886. The monoisotopic (exact) mass is 262 g/mol. The lowest BCUT2D eigenvalue weighted by molar-refractivity contribution is 0.185. The zero-order valence-electron chi connectivity index (χ0n) is 7.43. The standard InChI is InChI=1S/C10H12BrClO/c1-7(13)2-3-8-4-5-10(12)9(11)6-8/h4-7,13H,2-3H2,1H3/t7-/m0/s1. The summed E-state index contributed by atoms with van der Waals surface area (Å²) < 4.78 is 0.914. The van der Waals surface area contributed by atoms with Gasteiger partial charge in [0.05, 0.1) is 11.1 Å². The summed E-state index contributed by atoms with van der Waals surface area (Å²) >= 11 is 9.21. The molecule has 0 bridgehead atoms. The zero-order chi connectivity index (χ0) is 9.84. The van der Waals surface area contributed by atoms with Crippen molar-refractivity contribution in [1.29, 1.82) is 0 Å². The highest BCUT2D eigenvalue weighted by Gasteiger charge is 2.01. The van der Waals surface area contributed by atoms with Gasteiger partial charge in [-0.05, 0) is 53.4 Å². The number of hydrogen-bond acceptors (Lipinski definition) is 1. The van der Waals surface area contributed by atoms with Gasteiger partial charge >= 0.3 is 0 Å². The van der Waals surface area contributed by atoms with Crippen molar-refractivity contribution in [1.82, 2.24) is 0 Å². The van der Waals surface area contributed by atoms with Crippen LogP contribution in [0.1, 0.15) is 18.9 Å². The van der Waals surface area contributed by atoms with Crippen LogP contribution in [-0.2, 0) is 6.42 Å². The van der Waals surface area contributed by atoms with Crippen LogP contribution >= 0.6 is 27.5 Å². The molecule has 0 spiro atoms. The molecular weight excluding hydrogens is 251 g/mol. The molecule has 0 saturated carbocycles. The van der Waals surface area contributed by atoms with Crippen LogP contribution in [0.15, 0.2) is 22.7 Å². The molecule has 13 heavy (non-hydrogen) atoms. The Morgan fingerprint density at radius 2 is 2.23 bits per heavy atom. The number of halogens is 2. The van der Waals surface area contributed by atoms with Gasteiger partial charge in [0, 0.05) is 4.47 Å². The third-order valence-corrected chi connectivity index (χ3v) is 3.05. The molecule has 0 unspecified atom stereocenters. The number of aliphatic hydroxyl groups is 1. The Hall–Kier alpha value is -0.0500. The third-order valence-electron chi connectivity index (χ3n) is 1.83. The number of aryl methyl sites for hydroxylation is 1. The highest BCUT2D eigenvalue weighted by Crippen LogP contribution is 2.23. The number of benzene rings is 1. The van der Waals surface area contributed by atoms with E-state index in [9.17, 15) is 0 Å². The van der Waals surface area contributed by atoms with E-state index in [0.717, 1.165) is 22.3 Å². The molecule has 1 rings (SSSR count). The van der Waals surface area contributed by atoms with E-state index in [4.69, 9.17) is 16.7 Å². The van der Waals surface area contributed by atoms with E-state index < -0.39 is 0 Å². The van der Waals surface area contributed by atoms with Crippen molar-refractivity contribution in [2.75, 3.05) is 0 Å². The van der Waals surface area contributed by atoms with E-state index in [2.05, 4.69) is 15.9 Å². The first-order valence-corrected chi connectivity index (χ1v) is 5.38. The molecule has 72 valence electrons. The van der Waals surface area contributed by atoms with E-state index in [1.54, 1.807) is 6.92 Å². The average molecular weight is 264 g/mol. The Bertz CT molecular complexity index is 286. The van der Waals surface area contributed by atoms with Gasteiger partial charge in [-0.1, -0.05) is 17.7 Å². The Kier molecular flexibility index (Phi) is 4.23. The maximum atomic E-state index is 9.10. The summed E-state index contributed by atoms with van der Waals surface area (Å²) in [6, 6.07) is 5.84. The van der Waals surface area contributed by atoms with Crippen LogP contribution in [0.2, 0.25) is 5.02 Å². The van der Waals surface area contributed by atoms with Gasteiger partial charge in [0.25, 0.3) is 0 Å². The largest absolute Gasteiger partial charge is 0.393 e. The van der Waals surface area contributed by atoms with Crippen molar-refractivity contribution in [2.45, 2.75) is 25.9 Å². The van der Waals surface area contributed by atoms with Gasteiger partial charge in [-0.25, -0.2) is 0 Å². The van der Waals surface area contributed by atoms with E-state index >= 15 is 0 Å². The molecule has 0 amide bonds. The van der Waals surface area contributed by atoms with Crippen LogP contribution in [0.5, 0.6) is 0 Å². The summed E-state index contributed by atoms with van der Waals surface area (Å²) in [7, 11) is 0. The van der Waals surface area contributed by atoms with E-state index in [-0.39, 0.29) is 6.10 Å². The zero-order valence-corrected chi connectivity index (χ0v) is 9.77. The van der Waals surface area contributed by atoms with Gasteiger partial charge in [-0.3, -0.25) is 0 Å². The van der Waals surface area contributed by atoms with Crippen LogP contribution in [0.25, 0.3) is 0 Å². The lowest BCUT2D eigenvalue weighted by Crippen LogP contribution is -2.01. The van der Waals surface area contributed by atoms with Crippen molar-refractivity contribution in [2.24, 2.45) is 0 Å². The number of aliphatic hydroxyl groups excluding tert-OH is 1. The van der Waals surface area contributed by atoms with Gasteiger partial charge in [-0.15, -0.1) is 0 Å². The molecule has 1 atom stereocenters. The summed E-state index contributed by atoms with van der Waals surface area (Å²) in [5.41, 5.74) is 1.19. The van der Waals surface area contributed by atoms with E-state index in [0.29, 0.717) is 0 Å². The van der Waals surface area contributed by atoms with Crippen molar-refractivity contribution in [3.05, 3.63) is 33.3 Å². The molecular formula is C10H12BrClO. The van der Waals surface area contributed by atoms with Gasteiger partial charge < -0.3 is 5.11 Å². The van der Waals surface area contributed by atoms with Gasteiger partial charge in [-0.2, -0.15) is 0 Å². The fraction of sp³-hybridized carbons (Fsp3) is 0.400. The Morgan fingerprint density at radius 3 is 2.77 bits per heavy atom. The topological polar surface area (TPSA) is 20.2 Å². The van der Waals surface area contributed by atoms with Crippen molar-refractivity contribution >= 4 is 27.5 Å². The molecule has 1 N–H and O–H groups in total. The molecule has 0 heterocycles. The van der Waals surface area contributed by atoms with Crippen molar-refractivity contribution in [3.63, 3.8) is 0 Å². The lowest BCUT2D eigenvalue weighted by atomic mass is 10.1. The first-order chi connectivity index (χ1) is 6.09. The molecule has 0 saturated heterocycles. The normalized spacial score (nSPS) is 12.9. The minimum atomic E-state index is -0.241. The molecule has 0 fully saturated rings. The second kappa shape index (κ2) is 4.99. The molecule has 1 aromatic carbocycles. The molecule has 1 aromatic rings. The predicted molar refractivity (Wildman–Crippen MR) is 59.2 cm³/mol. The maximum Gasteiger partial charge on any atom is 0.0548 e. The SMILES string of the molecule is C[C@H](O)CCc1ccc(Cl)c(Br)c1. The fourth-order valence-electron chi connectivity index (χ4n) is 1.07. The van der Waals surface area contributed by atoms with Crippen molar-refractivity contribution in [3.8, 4) is 0 Å². The molecule has 0 aliphatic rings. The summed E-state index contributed by atoms with van der Waals surface area (Å²) in [6.45, 7) is 1.80. The van der Waals surface area contributed by atoms with Gasteiger partial charge in [0.15, 0.2) is 0 Å². The summed E-state index contributed by atoms with van der Waals surface area (Å²) in [5.74, 6) is 0. The average Bonchev–Trinajstić information content (AvgIpc) is 2.07. The molecule has 1 nitrogen and oxygen atoms in total. The Morgan fingerprint density at radius 1 is 1.54 bits per heavy atom. The smallest absolute Gasteiger partial charge is 0.0548 e. The fourth-order valence-corrected chi connectivity index (χ4v) is 1.61. The Balaban J connectivity index is 2.63. The first-order valence-electron chi connectivity index (χ1n) is 4.21. The van der Waals surface area contributed by atoms with Gasteiger partial charge in [0.2, 0.25) is 0 Å². The second-order valence-corrected chi connectivity index (χ2v) is 4.40. The van der Waals surface area contributed by atoms with Crippen LogP contribution in [0, 0.1) is 0 Å². The second-order valence-electron chi connectivity index (χ2n) is 3.14. The molecule has 3 heteroatoms. The summed E-state index contributed by atoms with van der Waals surface area (Å²) in [6.07, 6.45) is 1.43. The minimum Gasteiger partial charge on any atom is -0.393 e. The van der Waals surface area contributed by atoms with Crippen molar-refractivity contribution < 1.29 is 5.11 Å². The van der Waals surface area contributed by atoms with Crippen LogP contribution in [0.4, 0.5) is 0 Å². The van der Waals surface area contributed by atoms with Crippen LogP contribution < -0.4 is 0 Å². The number of rotatable bonds is 3.